The Morgan fingerprint density at radius 2 is 2.10 bits per heavy atom. The fourth-order valence-electron chi connectivity index (χ4n) is 1.59. The standard InChI is InChI=1S/C14H20N2O4/c1-9(2)6-7-16-12(17)8-20-11-5-3-4-10(15)13(11)14(18)19/h3-5,9H,6-8,15H2,1-2H3,(H,16,17)(H,18,19). The maximum absolute atomic E-state index is 11.5. The van der Waals surface area contributed by atoms with E-state index in [2.05, 4.69) is 19.2 Å². The molecule has 1 aromatic rings. The molecule has 0 radical (unpaired) electrons. The number of aromatic carboxylic acids is 1. The Bertz CT molecular complexity index is 486. The van der Waals surface area contributed by atoms with Gasteiger partial charge in [-0.2, -0.15) is 0 Å². The maximum Gasteiger partial charge on any atom is 0.341 e. The van der Waals surface area contributed by atoms with Crippen LogP contribution >= 0.6 is 0 Å². The molecule has 4 N–H and O–H groups in total. The Kier molecular flexibility index (Phi) is 5.83. The number of hydrogen-bond acceptors (Lipinski definition) is 4. The second-order valence-electron chi connectivity index (χ2n) is 4.85. The molecule has 0 saturated heterocycles. The number of rotatable bonds is 7. The van der Waals surface area contributed by atoms with Gasteiger partial charge in [0.15, 0.2) is 6.61 Å². The van der Waals surface area contributed by atoms with E-state index >= 15 is 0 Å². The Balaban J connectivity index is 2.55. The Labute approximate surface area is 117 Å². The molecule has 0 spiro atoms. The zero-order chi connectivity index (χ0) is 15.1. The van der Waals surface area contributed by atoms with Crippen LogP contribution in [0.5, 0.6) is 5.75 Å². The molecule has 0 bridgehead atoms. The van der Waals surface area contributed by atoms with Crippen molar-refractivity contribution in [3.63, 3.8) is 0 Å². The molecule has 0 fully saturated rings. The number of benzene rings is 1. The number of amides is 1. The predicted molar refractivity (Wildman–Crippen MR) is 75.8 cm³/mol. The molecule has 1 rings (SSSR count). The average molecular weight is 280 g/mol. The third-order valence-electron chi connectivity index (χ3n) is 2.67. The minimum absolute atomic E-state index is 0.0940. The maximum atomic E-state index is 11.5. The van der Waals surface area contributed by atoms with Gasteiger partial charge in [0.1, 0.15) is 11.3 Å². The molecule has 20 heavy (non-hydrogen) atoms. The van der Waals surface area contributed by atoms with Crippen LogP contribution in [0.1, 0.15) is 30.6 Å². The first-order valence-electron chi connectivity index (χ1n) is 6.43. The van der Waals surface area contributed by atoms with Crippen molar-refractivity contribution in [2.45, 2.75) is 20.3 Å². The number of ether oxygens (including phenoxy) is 1. The van der Waals surface area contributed by atoms with Crippen molar-refractivity contribution in [1.29, 1.82) is 0 Å². The number of hydrogen-bond donors (Lipinski definition) is 3. The van der Waals surface area contributed by atoms with Crippen LogP contribution in [-0.2, 0) is 4.79 Å². The lowest BCUT2D eigenvalue weighted by molar-refractivity contribution is -0.123. The molecule has 1 amide bonds. The van der Waals surface area contributed by atoms with Crippen LogP contribution in [0.15, 0.2) is 18.2 Å². The van der Waals surface area contributed by atoms with Gasteiger partial charge < -0.3 is 20.9 Å². The first-order valence-corrected chi connectivity index (χ1v) is 6.43. The highest BCUT2D eigenvalue weighted by Gasteiger charge is 2.15. The summed E-state index contributed by atoms with van der Waals surface area (Å²) >= 11 is 0. The molecule has 6 nitrogen and oxygen atoms in total. The van der Waals surface area contributed by atoms with Gasteiger partial charge in [-0.3, -0.25) is 4.79 Å². The van der Waals surface area contributed by atoms with Crippen molar-refractivity contribution < 1.29 is 19.4 Å². The predicted octanol–water partition coefficient (Wildman–Crippen LogP) is 1.51. The van der Waals surface area contributed by atoms with Gasteiger partial charge in [0.05, 0.1) is 0 Å². The van der Waals surface area contributed by atoms with Crippen LogP contribution in [0.4, 0.5) is 5.69 Å². The van der Waals surface area contributed by atoms with E-state index in [0.717, 1.165) is 6.42 Å². The summed E-state index contributed by atoms with van der Waals surface area (Å²) in [5.74, 6) is -0.872. The average Bonchev–Trinajstić information content (AvgIpc) is 2.35. The summed E-state index contributed by atoms with van der Waals surface area (Å²) in [6.45, 7) is 4.47. The highest BCUT2D eigenvalue weighted by atomic mass is 16.5. The number of carbonyl (C=O) groups is 2. The van der Waals surface area contributed by atoms with Gasteiger partial charge in [0.2, 0.25) is 0 Å². The van der Waals surface area contributed by atoms with Crippen LogP contribution in [0.2, 0.25) is 0 Å². The summed E-state index contributed by atoms with van der Waals surface area (Å²) < 4.78 is 5.23. The number of nitrogens with one attached hydrogen (secondary N) is 1. The molecule has 0 aliphatic carbocycles. The second-order valence-corrected chi connectivity index (χ2v) is 4.85. The van der Waals surface area contributed by atoms with Crippen molar-refractivity contribution in [2.24, 2.45) is 5.92 Å². The lowest BCUT2D eigenvalue weighted by atomic mass is 10.1. The van der Waals surface area contributed by atoms with E-state index in [9.17, 15) is 9.59 Å². The van der Waals surface area contributed by atoms with Crippen LogP contribution in [0, 0.1) is 5.92 Å². The number of carboxylic acid groups (broad SMARTS) is 1. The van der Waals surface area contributed by atoms with Gasteiger partial charge in [0, 0.05) is 12.2 Å². The summed E-state index contributed by atoms with van der Waals surface area (Å²) in [6, 6.07) is 4.52. The SMILES string of the molecule is CC(C)CCNC(=O)COc1cccc(N)c1C(=O)O. The second kappa shape index (κ2) is 7.37. The Morgan fingerprint density at radius 1 is 1.40 bits per heavy atom. The minimum Gasteiger partial charge on any atom is -0.483 e. The summed E-state index contributed by atoms with van der Waals surface area (Å²) in [5.41, 5.74) is 5.56. The highest BCUT2D eigenvalue weighted by Crippen LogP contribution is 2.24. The lowest BCUT2D eigenvalue weighted by Crippen LogP contribution is -2.30. The molecular formula is C14H20N2O4. The van der Waals surface area contributed by atoms with Crippen LogP contribution < -0.4 is 15.8 Å². The molecule has 0 aromatic heterocycles. The number of carbonyl (C=O) groups excluding carboxylic acids is 1. The third-order valence-corrected chi connectivity index (χ3v) is 2.67. The van der Waals surface area contributed by atoms with E-state index in [-0.39, 0.29) is 29.5 Å². The number of nitrogens with two attached hydrogens (primary N) is 1. The smallest absolute Gasteiger partial charge is 0.341 e. The molecule has 0 aliphatic heterocycles. The molecular weight excluding hydrogens is 260 g/mol. The fourth-order valence-corrected chi connectivity index (χ4v) is 1.59. The van der Waals surface area contributed by atoms with Crippen molar-refractivity contribution in [1.82, 2.24) is 5.32 Å². The molecule has 0 unspecified atom stereocenters. The molecule has 110 valence electrons. The molecule has 6 heteroatoms. The molecule has 0 heterocycles. The summed E-state index contributed by atoms with van der Waals surface area (Å²) in [7, 11) is 0. The summed E-state index contributed by atoms with van der Waals surface area (Å²) in [6.07, 6.45) is 0.879. The van der Waals surface area contributed by atoms with Crippen molar-refractivity contribution in [3.8, 4) is 5.75 Å². The molecule has 0 aliphatic rings. The molecule has 0 saturated carbocycles. The van der Waals surface area contributed by atoms with Crippen LogP contribution in [0.25, 0.3) is 0 Å². The van der Waals surface area contributed by atoms with E-state index in [4.69, 9.17) is 15.6 Å². The van der Waals surface area contributed by atoms with E-state index in [0.29, 0.717) is 12.5 Å². The third kappa shape index (κ3) is 4.79. The number of nitrogen functional groups attached to an aromatic ring is 1. The van der Waals surface area contributed by atoms with E-state index in [1.165, 1.54) is 12.1 Å². The first kappa shape index (κ1) is 15.8. The first-order chi connectivity index (χ1) is 9.41. The highest BCUT2D eigenvalue weighted by molar-refractivity contribution is 5.96. The monoisotopic (exact) mass is 280 g/mol. The topological polar surface area (TPSA) is 102 Å². The van der Waals surface area contributed by atoms with E-state index < -0.39 is 5.97 Å². The fraction of sp³-hybridized carbons (Fsp3) is 0.429. The van der Waals surface area contributed by atoms with Crippen molar-refractivity contribution >= 4 is 17.6 Å². The summed E-state index contributed by atoms with van der Waals surface area (Å²) in [5, 5.41) is 11.8. The van der Waals surface area contributed by atoms with Gasteiger partial charge in [-0.25, -0.2) is 4.79 Å². The van der Waals surface area contributed by atoms with E-state index in [1.54, 1.807) is 6.07 Å². The largest absolute Gasteiger partial charge is 0.483 e. The van der Waals surface area contributed by atoms with Crippen molar-refractivity contribution in [3.05, 3.63) is 23.8 Å². The Morgan fingerprint density at radius 3 is 2.70 bits per heavy atom. The van der Waals surface area contributed by atoms with E-state index in [1.807, 2.05) is 0 Å². The van der Waals surface area contributed by atoms with Gasteiger partial charge in [-0.1, -0.05) is 19.9 Å². The van der Waals surface area contributed by atoms with Gasteiger partial charge >= 0.3 is 5.97 Å². The number of carboxylic acids is 1. The normalized spacial score (nSPS) is 10.3. The molecule has 1 aromatic carbocycles. The van der Waals surface area contributed by atoms with Crippen LogP contribution in [-0.4, -0.2) is 30.1 Å². The summed E-state index contributed by atoms with van der Waals surface area (Å²) in [4.78, 5) is 22.6. The van der Waals surface area contributed by atoms with Gasteiger partial charge in [-0.05, 0) is 24.5 Å². The van der Waals surface area contributed by atoms with Crippen LogP contribution in [0.3, 0.4) is 0 Å². The molecule has 0 atom stereocenters. The van der Waals surface area contributed by atoms with Gasteiger partial charge in [0.25, 0.3) is 5.91 Å². The van der Waals surface area contributed by atoms with Gasteiger partial charge in [-0.15, -0.1) is 0 Å². The lowest BCUT2D eigenvalue weighted by Gasteiger charge is -2.11. The Hall–Kier alpha value is -2.24. The zero-order valence-corrected chi connectivity index (χ0v) is 11.7. The quantitative estimate of drug-likeness (QED) is 0.657. The minimum atomic E-state index is -1.18. The van der Waals surface area contributed by atoms with Crippen molar-refractivity contribution in [2.75, 3.05) is 18.9 Å². The number of anilines is 1. The zero-order valence-electron chi connectivity index (χ0n) is 11.7.